The SMILES string of the molecule is NC(=O)C1CCCN(c2cccc(F)c2CO)C1. The summed E-state index contributed by atoms with van der Waals surface area (Å²) >= 11 is 0. The van der Waals surface area contributed by atoms with Gasteiger partial charge in [0.15, 0.2) is 0 Å². The summed E-state index contributed by atoms with van der Waals surface area (Å²) in [6.07, 6.45) is 1.62. The van der Waals surface area contributed by atoms with Crippen LogP contribution in [-0.2, 0) is 11.4 Å². The van der Waals surface area contributed by atoms with Gasteiger partial charge >= 0.3 is 0 Å². The maximum atomic E-state index is 13.6. The molecule has 1 saturated heterocycles. The molecule has 0 radical (unpaired) electrons. The third kappa shape index (κ3) is 2.46. The van der Waals surface area contributed by atoms with E-state index < -0.39 is 5.82 Å². The van der Waals surface area contributed by atoms with Crippen molar-refractivity contribution in [3.8, 4) is 0 Å². The van der Waals surface area contributed by atoms with Gasteiger partial charge in [-0.1, -0.05) is 6.07 Å². The number of nitrogens with two attached hydrogens (primary N) is 1. The molecule has 5 heteroatoms. The molecule has 1 amide bonds. The number of carbonyl (C=O) groups excluding carboxylic acids is 1. The minimum Gasteiger partial charge on any atom is -0.391 e. The second-order valence-electron chi connectivity index (χ2n) is 4.58. The van der Waals surface area contributed by atoms with Crippen LogP contribution in [0.15, 0.2) is 18.2 Å². The topological polar surface area (TPSA) is 66.6 Å². The molecule has 3 N–H and O–H groups in total. The van der Waals surface area contributed by atoms with Crippen molar-refractivity contribution in [2.75, 3.05) is 18.0 Å². The number of hydrogen-bond donors (Lipinski definition) is 2. The lowest BCUT2D eigenvalue weighted by Crippen LogP contribution is -2.41. The van der Waals surface area contributed by atoms with E-state index in [1.165, 1.54) is 6.07 Å². The second kappa shape index (κ2) is 5.35. The van der Waals surface area contributed by atoms with Gasteiger partial charge in [-0.25, -0.2) is 4.39 Å². The summed E-state index contributed by atoms with van der Waals surface area (Å²) < 4.78 is 13.6. The van der Waals surface area contributed by atoms with Crippen LogP contribution < -0.4 is 10.6 Å². The zero-order chi connectivity index (χ0) is 13.1. The molecule has 0 saturated carbocycles. The number of primary amides is 1. The third-order valence-electron chi connectivity index (χ3n) is 3.42. The van der Waals surface area contributed by atoms with Crippen molar-refractivity contribution in [2.24, 2.45) is 11.7 Å². The van der Waals surface area contributed by atoms with Crippen molar-refractivity contribution in [1.29, 1.82) is 0 Å². The van der Waals surface area contributed by atoms with Crippen molar-refractivity contribution >= 4 is 11.6 Å². The summed E-state index contributed by atoms with van der Waals surface area (Å²) in [7, 11) is 0. The molecule has 0 aliphatic carbocycles. The van der Waals surface area contributed by atoms with Gasteiger partial charge in [-0.2, -0.15) is 0 Å². The van der Waals surface area contributed by atoms with Crippen LogP contribution in [0.5, 0.6) is 0 Å². The van der Waals surface area contributed by atoms with E-state index in [1.54, 1.807) is 12.1 Å². The fourth-order valence-electron chi connectivity index (χ4n) is 2.43. The fourth-order valence-corrected chi connectivity index (χ4v) is 2.43. The minimum atomic E-state index is -0.420. The molecular formula is C13H17FN2O2. The van der Waals surface area contributed by atoms with Gasteiger partial charge in [0.05, 0.1) is 12.5 Å². The first-order valence-corrected chi connectivity index (χ1v) is 6.06. The molecule has 1 aromatic rings. The first-order chi connectivity index (χ1) is 8.63. The van der Waals surface area contributed by atoms with Crippen LogP contribution in [-0.4, -0.2) is 24.1 Å². The summed E-state index contributed by atoms with van der Waals surface area (Å²) in [5.74, 6) is -0.939. The number of nitrogens with zero attached hydrogens (tertiary/aromatic N) is 1. The Hall–Kier alpha value is -1.62. The van der Waals surface area contributed by atoms with E-state index in [1.807, 2.05) is 4.90 Å². The number of benzene rings is 1. The average Bonchev–Trinajstić information content (AvgIpc) is 2.38. The van der Waals surface area contributed by atoms with E-state index in [-0.39, 0.29) is 24.0 Å². The van der Waals surface area contributed by atoms with Crippen LogP contribution in [0.25, 0.3) is 0 Å². The van der Waals surface area contributed by atoms with Crippen LogP contribution in [0.3, 0.4) is 0 Å². The highest BCUT2D eigenvalue weighted by atomic mass is 19.1. The van der Waals surface area contributed by atoms with E-state index >= 15 is 0 Å². The van der Waals surface area contributed by atoms with Gasteiger partial charge in [0.1, 0.15) is 5.82 Å². The number of hydrogen-bond acceptors (Lipinski definition) is 3. The number of aliphatic hydroxyl groups excluding tert-OH is 1. The van der Waals surface area contributed by atoms with Crippen LogP contribution in [0, 0.1) is 11.7 Å². The van der Waals surface area contributed by atoms with Crippen molar-refractivity contribution in [2.45, 2.75) is 19.4 Å². The first kappa shape index (κ1) is 12.8. The Morgan fingerprint density at radius 1 is 1.56 bits per heavy atom. The van der Waals surface area contributed by atoms with E-state index in [0.29, 0.717) is 12.2 Å². The second-order valence-corrected chi connectivity index (χ2v) is 4.58. The van der Waals surface area contributed by atoms with Gasteiger partial charge in [-0.05, 0) is 25.0 Å². The summed E-state index contributed by atoms with van der Waals surface area (Å²) in [5, 5.41) is 9.25. The highest BCUT2D eigenvalue weighted by Crippen LogP contribution is 2.28. The fraction of sp³-hybridized carbons (Fsp3) is 0.462. The predicted molar refractivity (Wildman–Crippen MR) is 66.5 cm³/mol. The van der Waals surface area contributed by atoms with E-state index in [2.05, 4.69) is 0 Å². The molecule has 4 nitrogen and oxygen atoms in total. The molecule has 1 atom stereocenters. The molecule has 98 valence electrons. The molecule has 0 spiro atoms. The first-order valence-electron chi connectivity index (χ1n) is 6.06. The van der Waals surface area contributed by atoms with Gasteiger partial charge < -0.3 is 15.7 Å². The molecule has 1 aromatic carbocycles. The van der Waals surface area contributed by atoms with Crippen molar-refractivity contribution in [3.63, 3.8) is 0 Å². The molecule has 1 heterocycles. The van der Waals surface area contributed by atoms with Gasteiger partial charge in [0, 0.05) is 24.3 Å². The van der Waals surface area contributed by atoms with Crippen LogP contribution in [0.4, 0.5) is 10.1 Å². The lowest BCUT2D eigenvalue weighted by molar-refractivity contribution is -0.122. The largest absolute Gasteiger partial charge is 0.391 e. The maximum Gasteiger partial charge on any atom is 0.222 e. The third-order valence-corrected chi connectivity index (χ3v) is 3.42. The maximum absolute atomic E-state index is 13.6. The van der Waals surface area contributed by atoms with Crippen LogP contribution in [0.2, 0.25) is 0 Å². The average molecular weight is 252 g/mol. The summed E-state index contributed by atoms with van der Waals surface area (Å²) in [6.45, 7) is 0.895. The minimum absolute atomic E-state index is 0.200. The van der Waals surface area contributed by atoms with E-state index in [4.69, 9.17) is 5.73 Å². The lowest BCUT2D eigenvalue weighted by atomic mass is 9.96. The van der Waals surface area contributed by atoms with Gasteiger partial charge in [-0.15, -0.1) is 0 Å². The molecule has 0 aromatic heterocycles. The number of carbonyl (C=O) groups is 1. The Bertz CT molecular complexity index is 451. The van der Waals surface area contributed by atoms with Crippen molar-refractivity contribution < 1.29 is 14.3 Å². The summed E-state index contributed by atoms with van der Waals surface area (Å²) in [6, 6.07) is 4.69. The molecule has 1 unspecified atom stereocenters. The highest BCUT2D eigenvalue weighted by molar-refractivity contribution is 5.77. The summed E-state index contributed by atoms with van der Waals surface area (Å²) in [4.78, 5) is 13.1. The molecule has 1 fully saturated rings. The van der Waals surface area contributed by atoms with Crippen molar-refractivity contribution in [3.05, 3.63) is 29.6 Å². The molecule has 0 bridgehead atoms. The Kier molecular flexibility index (Phi) is 3.81. The molecule has 2 rings (SSSR count). The zero-order valence-electron chi connectivity index (χ0n) is 10.1. The smallest absolute Gasteiger partial charge is 0.222 e. The monoisotopic (exact) mass is 252 g/mol. The number of aliphatic hydroxyl groups is 1. The van der Waals surface area contributed by atoms with Crippen LogP contribution >= 0.6 is 0 Å². The van der Waals surface area contributed by atoms with Crippen molar-refractivity contribution in [1.82, 2.24) is 0 Å². The standard InChI is InChI=1S/C13H17FN2O2/c14-11-4-1-5-12(10(11)8-17)16-6-2-3-9(7-16)13(15)18/h1,4-5,9,17H,2-3,6-8H2,(H2,15,18). The Morgan fingerprint density at radius 2 is 2.33 bits per heavy atom. The lowest BCUT2D eigenvalue weighted by Gasteiger charge is -2.34. The highest BCUT2D eigenvalue weighted by Gasteiger charge is 2.25. The van der Waals surface area contributed by atoms with Gasteiger partial charge in [0.25, 0.3) is 0 Å². The predicted octanol–water partition coefficient (Wildman–Crippen LogP) is 1.02. The number of rotatable bonds is 3. The molecular weight excluding hydrogens is 235 g/mol. The molecule has 18 heavy (non-hydrogen) atoms. The molecule has 1 aliphatic rings. The molecule has 1 aliphatic heterocycles. The van der Waals surface area contributed by atoms with Crippen LogP contribution in [0.1, 0.15) is 18.4 Å². The Morgan fingerprint density at radius 3 is 3.00 bits per heavy atom. The van der Waals surface area contributed by atoms with Gasteiger partial charge in [0.2, 0.25) is 5.91 Å². The quantitative estimate of drug-likeness (QED) is 0.844. The number of halogens is 1. The van der Waals surface area contributed by atoms with E-state index in [0.717, 1.165) is 19.4 Å². The normalized spacial score (nSPS) is 19.9. The van der Waals surface area contributed by atoms with Gasteiger partial charge in [-0.3, -0.25) is 4.79 Å². The summed E-state index contributed by atoms with van der Waals surface area (Å²) in [5.41, 5.74) is 6.26. The Labute approximate surface area is 105 Å². The Balaban J connectivity index is 2.26. The number of amides is 1. The number of anilines is 1. The number of piperidine rings is 1. The zero-order valence-corrected chi connectivity index (χ0v) is 10.1. The van der Waals surface area contributed by atoms with E-state index in [9.17, 15) is 14.3 Å².